The summed E-state index contributed by atoms with van der Waals surface area (Å²) in [6.07, 6.45) is 7.90. The second-order valence-electron chi connectivity index (χ2n) is 8.82. The molecule has 0 bridgehead atoms. The Hall–Kier alpha value is -2.29. The first-order valence-corrected chi connectivity index (χ1v) is 13.0. The lowest BCUT2D eigenvalue weighted by atomic mass is 9.94. The highest BCUT2D eigenvalue weighted by Gasteiger charge is 2.24. The molecule has 0 radical (unpaired) electrons. The van der Waals surface area contributed by atoms with Crippen molar-refractivity contribution in [2.45, 2.75) is 45.1 Å². The van der Waals surface area contributed by atoms with Crippen LogP contribution in [0.1, 0.15) is 38.5 Å². The van der Waals surface area contributed by atoms with E-state index in [-0.39, 0.29) is 23.9 Å². The second-order valence-corrected chi connectivity index (χ2v) is 10.0. The molecule has 2 aliphatic heterocycles. The van der Waals surface area contributed by atoms with Gasteiger partial charge in [0, 0.05) is 37.7 Å². The van der Waals surface area contributed by atoms with Gasteiger partial charge in [0.25, 0.3) is 5.56 Å². The minimum Gasteiger partial charge on any atom is -0.480 e. The van der Waals surface area contributed by atoms with E-state index >= 15 is 0 Å². The maximum absolute atomic E-state index is 13.1. The number of carbonyl (C=O) groups is 1. The number of hydrogen-bond donors (Lipinski definition) is 2. The molecule has 2 fully saturated rings. The first kappa shape index (κ1) is 23.9. The van der Waals surface area contributed by atoms with Crippen LogP contribution in [0.3, 0.4) is 0 Å². The summed E-state index contributed by atoms with van der Waals surface area (Å²) in [6.45, 7) is 2.98. The van der Waals surface area contributed by atoms with Gasteiger partial charge in [-0.2, -0.15) is 10.1 Å². The van der Waals surface area contributed by atoms with Crippen LogP contribution in [0.25, 0.3) is 10.8 Å². The highest BCUT2D eigenvalue weighted by molar-refractivity contribution is 7.45. The topological polar surface area (TPSA) is 121 Å². The Morgan fingerprint density at radius 3 is 2.58 bits per heavy atom. The minimum atomic E-state index is -1.83. The van der Waals surface area contributed by atoms with Crippen LogP contribution in [-0.2, 0) is 11.3 Å². The molecule has 0 unspecified atom stereocenters. The average Bonchev–Trinajstić information content (AvgIpc) is 2.84. The van der Waals surface area contributed by atoms with Gasteiger partial charge in [-0.25, -0.2) is 4.68 Å². The molecular formula is C22H32N5O5P. The van der Waals surface area contributed by atoms with Crippen molar-refractivity contribution in [3.8, 4) is 5.88 Å². The van der Waals surface area contributed by atoms with E-state index in [1.165, 1.54) is 11.8 Å². The number of carbonyl (C=O) groups excluding carboxylic acids is 1. The number of piperidine rings is 2. The van der Waals surface area contributed by atoms with Gasteiger partial charge in [0.2, 0.25) is 11.8 Å². The summed E-state index contributed by atoms with van der Waals surface area (Å²) in [4.78, 5) is 52.6. The molecule has 0 aromatic carbocycles. The summed E-state index contributed by atoms with van der Waals surface area (Å²) >= 11 is 0. The monoisotopic (exact) mass is 477 g/mol. The summed E-state index contributed by atoms with van der Waals surface area (Å²) in [5.41, 5.74) is -0.378. The molecule has 0 saturated carbocycles. The SMILES string of the molecule is COc1nc(N2CCC(CCP(O)O)CC2)cc2cnn(CC(=O)N3CCCCC3)c(=O)c12. The van der Waals surface area contributed by atoms with Gasteiger partial charge in [-0.05, 0) is 50.5 Å². The Balaban J connectivity index is 1.52. The van der Waals surface area contributed by atoms with Crippen molar-refractivity contribution >= 4 is 30.9 Å². The molecule has 2 aliphatic rings. The molecule has 2 N–H and O–H groups in total. The number of aromatic nitrogens is 3. The smallest absolute Gasteiger partial charge is 0.280 e. The maximum Gasteiger partial charge on any atom is 0.280 e. The van der Waals surface area contributed by atoms with Gasteiger partial charge < -0.3 is 24.3 Å². The third kappa shape index (κ3) is 5.62. The zero-order valence-electron chi connectivity index (χ0n) is 19.0. The molecule has 2 aromatic rings. The Kier molecular flexibility index (Phi) is 7.78. The zero-order chi connectivity index (χ0) is 23.4. The maximum atomic E-state index is 13.1. The summed E-state index contributed by atoms with van der Waals surface area (Å²) in [7, 11) is -0.338. The van der Waals surface area contributed by atoms with Crippen molar-refractivity contribution in [2.24, 2.45) is 5.92 Å². The summed E-state index contributed by atoms with van der Waals surface area (Å²) in [5.74, 6) is 1.35. The van der Waals surface area contributed by atoms with Crippen LogP contribution < -0.4 is 15.2 Å². The van der Waals surface area contributed by atoms with Gasteiger partial charge in [-0.15, -0.1) is 0 Å². The Bertz CT molecular complexity index is 1030. The molecule has 1 amide bonds. The van der Waals surface area contributed by atoms with Gasteiger partial charge in [-0.1, -0.05) is 0 Å². The van der Waals surface area contributed by atoms with Gasteiger partial charge in [0.15, 0.2) is 8.38 Å². The molecule has 10 nitrogen and oxygen atoms in total. The third-order valence-electron chi connectivity index (χ3n) is 6.65. The largest absolute Gasteiger partial charge is 0.480 e. The van der Waals surface area contributed by atoms with Gasteiger partial charge in [-0.3, -0.25) is 9.59 Å². The number of nitrogens with zero attached hydrogens (tertiary/aromatic N) is 5. The molecule has 0 spiro atoms. The lowest BCUT2D eigenvalue weighted by molar-refractivity contribution is -0.133. The molecular weight excluding hydrogens is 445 g/mol. The molecule has 2 saturated heterocycles. The predicted octanol–water partition coefficient (Wildman–Crippen LogP) is 1.72. The summed E-state index contributed by atoms with van der Waals surface area (Å²) in [6, 6.07) is 1.85. The van der Waals surface area contributed by atoms with Crippen LogP contribution in [0.2, 0.25) is 0 Å². The van der Waals surface area contributed by atoms with Gasteiger partial charge >= 0.3 is 0 Å². The average molecular weight is 478 g/mol. The van der Waals surface area contributed by atoms with Crippen LogP contribution in [0.4, 0.5) is 5.82 Å². The number of amides is 1. The predicted molar refractivity (Wildman–Crippen MR) is 127 cm³/mol. The molecule has 11 heteroatoms. The van der Waals surface area contributed by atoms with Crippen molar-refractivity contribution in [3.63, 3.8) is 0 Å². The number of rotatable bonds is 7. The third-order valence-corrected chi connectivity index (χ3v) is 7.31. The van der Waals surface area contributed by atoms with Crippen LogP contribution in [0.15, 0.2) is 17.1 Å². The van der Waals surface area contributed by atoms with Crippen molar-refractivity contribution in [2.75, 3.05) is 44.4 Å². The zero-order valence-corrected chi connectivity index (χ0v) is 19.9. The quantitative estimate of drug-likeness (QED) is 0.579. The minimum absolute atomic E-state index is 0.0862. The number of ether oxygens (including phenoxy) is 1. The fourth-order valence-electron chi connectivity index (χ4n) is 4.70. The number of pyridine rings is 1. The van der Waals surface area contributed by atoms with E-state index in [1.807, 2.05) is 6.07 Å². The van der Waals surface area contributed by atoms with Crippen molar-refractivity contribution in [1.82, 2.24) is 19.7 Å². The Morgan fingerprint density at radius 2 is 1.91 bits per heavy atom. The molecule has 0 atom stereocenters. The van der Waals surface area contributed by atoms with Gasteiger partial charge in [0.1, 0.15) is 17.7 Å². The van der Waals surface area contributed by atoms with Crippen LogP contribution in [0, 0.1) is 5.92 Å². The number of methoxy groups -OCH3 is 1. The highest BCUT2D eigenvalue weighted by Crippen LogP contribution is 2.32. The van der Waals surface area contributed by atoms with E-state index in [2.05, 4.69) is 15.0 Å². The first-order chi connectivity index (χ1) is 16.0. The van der Waals surface area contributed by atoms with E-state index in [1.54, 1.807) is 11.1 Å². The second kappa shape index (κ2) is 10.8. The fourth-order valence-corrected chi connectivity index (χ4v) is 5.30. The lowest BCUT2D eigenvalue weighted by Crippen LogP contribution is -2.40. The van der Waals surface area contributed by atoms with Crippen LogP contribution in [0.5, 0.6) is 5.88 Å². The van der Waals surface area contributed by atoms with E-state index in [0.717, 1.165) is 70.5 Å². The lowest BCUT2D eigenvalue weighted by Gasteiger charge is -2.33. The van der Waals surface area contributed by atoms with E-state index in [9.17, 15) is 9.59 Å². The normalized spacial score (nSPS) is 17.7. The highest BCUT2D eigenvalue weighted by atomic mass is 31.2. The van der Waals surface area contributed by atoms with Crippen molar-refractivity contribution < 1.29 is 19.3 Å². The molecule has 0 aliphatic carbocycles. The van der Waals surface area contributed by atoms with Crippen molar-refractivity contribution in [1.29, 1.82) is 0 Å². The van der Waals surface area contributed by atoms with Crippen LogP contribution in [-0.4, -0.2) is 74.8 Å². The molecule has 33 heavy (non-hydrogen) atoms. The van der Waals surface area contributed by atoms with Crippen LogP contribution >= 0.6 is 8.38 Å². The Labute approximate surface area is 194 Å². The summed E-state index contributed by atoms with van der Waals surface area (Å²) in [5, 5.41) is 5.23. The standard InChI is InChI=1S/C22H32N5O5P/c1-32-21-20-17(13-18(24-21)25-10-5-16(6-11-25)7-12-33(30)31)14-23-27(22(20)29)15-19(28)26-8-3-2-4-9-26/h13-14,16,30-31H,2-12,15H2,1H3. The Morgan fingerprint density at radius 1 is 1.18 bits per heavy atom. The van der Waals surface area contributed by atoms with Gasteiger partial charge in [0.05, 0.1) is 13.3 Å². The molecule has 180 valence electrons. The molecule has 4 heterocycles. The number of anilines is 1. The van der Waals surface area contributed by atoms with E-state index in [4.69, 9.17) is 14.5 Å². The van der Waals surface area contributed by atoms with E-state index in [0.29, 0.717) is 22.9 Å². The number of hydrogen-bond acceptors (Lipinski definition) is 8. The number of likely N-dealkylation sites (tertiary alicyclic amines) is 1. The first-order valence-electron chi connectivity index (χ1n) is 11.6. The molecule has 2 aromatic heterocycles. The molecule has 4 rings (SSSR count). The van der Waals surface area contributed by atoms with Crippen molar-refractivity contribution in [3.05, 3.63) is 22.6 Å². The number of fused-ring (bicyclic) bond motifs is 1. The summed E-state index contributed by atoms with van der Waals surface area (Å²) < 4.78 is 6.67. The fraction of sp³-hybridized carbons (Fsp3) is 0.636. The van der Waals surface area contributed by atoms with E-state index < -0.39 is 8.38 Å².